The Hall–Kier alpha value is -5.26. The number of carbonyl (C=O) groups is 2. The zero-order chi connectivity index (χ0) is 31.2. The molecule has 0 spiro atoms. The molecule has 2 aromatic heterocycles. The summed E-state index contributed by atoms with van der Waals surface area (Å²) in [6, 6.07) is 14.9. The first-order valence-corrected chi connectivity index (χ1v) is 14.0. The van der Waals surface area contributed by atoms with Crippen molar-refractivity contribution in [3.05, 3.63) is 90.1 Å². The van der Waals surface area contributed by atoms with Gasteiger partial charge in [0.15, 0.2) is 11.6 Å². The number of fused-ring (bicyclic) bond motifs is 1. The van der Waals surface area contributed by atoms with Gasteiger partial charge in [0.25, 0.3) is 0 Å². The lowest BCUT2D eigenvalue weighted by Gasteiger charge is -2.16. The molecule has 1 aliphatic rings. The van der Waals surface area contributed by atoms with Gasteiger partial charge in [-0.3, -0.25) is 9.59 Å². The molecule has 2 heterocycles. The van der Waals surface area contributed by atoms with Crippen LogP contribution in [0.15, 0.2) is 66.9 Å². The Balaban J connectivity index is 1.16. The van der Waals surface area contributed by atoms with Gasteiger partial charge >= 0.3 is 0 Å². The van der Waals surface area contributed by atoms with Gasteiger partial charge in [-0.05, 0) is 88.2 Å². The van der Waals surface area contributed by atoms with Crippen LogP contribution in [0, 0.1) is 29.8 Å². The molecule has 9 nitrogen and oxygen atoms in total. The topological polar surface area (TPSA) is 114 Å². The number of hydrogen-bond donors (Lipinski definition) is 3. The number of rotatable bonds is 8. The van der Waals surface area contributed by atoms with Gasteiger partial charge in [-0.1, -0.05) is 6.07 Å². The molecule has 0 saturated heterocycles. The van der Waals surface area contributed by atoms with Crippen LogP contribution in [0.1, 0.15) is 38.6 Å². The van der Waals surface area contributed by atoms with E-state index in [1.807, 2.05) is 18.4 Å². The number of nitrogens with one attached hydrogen (secondary N) is 3. The molecular formula is C32H28F3N7O2. The largest absolute Gasteiger partial charge is 0.326 e. The minimum atomic E-state index is -1.23. The van der Waals surface area contributed by atoms with E-state index in [4.69, 9.17) is 0 Å². The Labute approximate surface area is 250 Å². The Kier molecular flexibility index (Phi) is 7.28. The van der Waals surface area contributed by atoms with E-state index >= 15 is 4.39 Å². The maximum Gasteiger partial charge on any atom is 0.240 e. The van der Waals surface area contributed by atoms with Gasteiger partial charge in [-0.25, -0.2) is 28.1 Å². The normalized spacial score (nSPS) is 13.6. The third-order valence-corrected chi connectivity index (χ3v) is 7.56. The number of aryl methyl sites for hydroxylation is 1. The number of anilines is 4. The molecule has 6 rings (SSSR count). The molecule has 0 unspecified atom stereocenters. The first kappa shape index (κ1) is 28.8. The molecule has 3 N–H and O–H groups in total. The highest BCUT2D eigenvalue weighted by atomic mass is 19.1. The third-order valence-electron chi connectivity index (χ3n) is 7.56. The maximum atomic E-state index is 15.0. The second-order valence-electron chi connectivity index (χ2n) is 11.0. The highest BCUT2D eigenvalue weighted by Crippen LogP contribution is 2.47. The second-order valence-corrected chi connectivity index (χ2v) is 11.0. The number of carbonyl (C=O) groups excluding carboxylic acids is 2. The molecule has 0 bridgehead atoms. The summed E-state index contributed by atoms with van der Waals surface area (Å²) in [6.45, 7) is 5.70. The van der Waals surface area contributed by atoms with Gasteiger partial charge in [0.2, 0.25) is 17.8 Å². The van der Waals surface area contributed by atoms with Crippen LogP contribution < -0.4 is 16.0 Å². The van der Waals surface area contributed by atoms with Crippen LogP contribution in [0.25, 0.3) is 22.3 Å². The van der Waals surface area contributed by atoms with E-state index in [2.05, 4.69) is 30.9 Å². The van der Waals surface area contributed by atoms with Crippen LogP contribution in [0.4, 0.5) is 36.2 Å². The fourth-order valence-electron chi connectivity index (χ4n) is 5.20. The lowest BCUT2D eigenvalue weighted by atomic mass is 10.0. The zero-order valence-electron chi connectivity index (χ0n) is 24.1. The van der Waals surface area contributed by atoms with Crippen molar-refractivity contribution < 1.29 is 22.8 Å². The number of hydrogen-bond acceptors (Lipinski definition) is 6. The van der Waals surface area contributed by atoms with Crippen LogP contribution >= 0.6 is 0 Å². The summed E-state index contributed by atoms with van der Waals surface area (Å²) in [5.41, 5.74) is 0.958. The lowest BCUT2D eigenvalue weighted by Crippen LogP contribution is -2.35. The Bertz CT molecular complexity index is 1920. The standard InChI is InChI=1S/C32H28F3N7O2/c1-17(2)42-18(3)37-28-24(34)13-19(14-26(28)42)27-25(35)16-36-31(41-27)40-22-9-7-21(8-10-22)38-29(43)32(11-12-32)30(44)39-23-6-4-5-20(33)15-23/h4-10,13-17H,11-12H2,1-3H3,(H,38,43)(H,39,44)(H,36,40,41). The summed E-state index contributed by atoms with van der Waals surface area (Å²) in [7, 11) is 0. The highest BCUT2D eigenvalue weighted by molar-refractivity contribution is 6.16. The molecule has 12 heteroatoms. The number of nitrogens with zero attached hydrogens (tertiary/aromatic N) is 4. The smallest absolute Gasteiger partial charge is 0.240 e. The molecule has 0 aliphatic heterocycles. The van der Waals surface area contributed by atoms with Crippen molar-refractivity contribution in [2.24, 2.45) is 5.41 Å². The quantitative estimate of drug-likeness (QED) is 0.167. The predicted molar refractivity (Wildman–Crippen MR) is 161 cm³/mol. The van der Waals surface area contributed by atoms with Gasteiger partial charge in [-0.15, -0.1) is 0 Å². The molecule has 5 aromatic rings. The average Bonchev–Trinajstić information content (AvgIpc) is 3.72. The van der Waals surface area contributed by atoms with Crippen molar-refractivity contribution in [3.63, 3.8) is 0 Å². The monoisotopic (exact) mass is 599 g/mol. The van der Waals surface area contributed by atoms with Gasteiger partial charge in [0.1, 0.15) is 28.3 Å². The number of halogens is 3. The van der Waals surface area contributed by atoms with Crippen LogP contribution in [-0.2, 0) is 9.59 Å². The van der Waals surface area contributed by atoms with Crippen molar-refractivity contribution in [1.29, 1.82) is 0 Å². The second kappa shape index (κ2) is 11.1. The van der Waals surface area contributed by atoms with Crippen LogP contribution in [0.2, 0.25) is 0 Å². The van der Waals surface area contributed by atoms with Crippen molar-refractivity contribution in [2.75, 3.05) is 16.0 Å². The maximum absolute atomic E-state index is 15.0. The van der Waals surface area contributed by atoms with Gasteiger partial charge in [0, 0.05) is 28.7 Å². The van der Waals surface area contributed by atoms with E-state index < -0.39 is 34.7 Å². The summed E-state index contributed by atoms with van der Waals surface area (Å²) in [4.78, 5) is 38.5. The summed E-state index contributed by atoms with van der Waals surface area (Å²) in [5.74, 6) is -2.01. The molecule has 44 heavy (non-hydrogen) atoms. The fourth-order valence-corrected chi connectivity index (χ4v) is 5.20. The number of imidazole rings is 1. The first-order chi connectivity index (χ1) is 21.0. The van der Waals surface area contributed by atoms with Crippen molar-refractivity contribution in [3.8, 4) is 11.3 Å². The molecule has 1 aliphatic carbocycles. The molecule has 2 amide bonds. The van der Waals surface area contributed by atoms with E-state index in [1.165, 1.54) is 24.3 Å². The molecule has 3 aromatic carbocycles. The van der Waals surface area contributed by atoms with Crippen molar-refractivity contribution in [2.45, 2.75) is 39.7 Å². The third kappa shape index (κ3) is 5.46. The molecule has 0 radical (unpaired) electrons. The minimum absolute atomic E-state index is 0.0158. The summed E-state index contributed by atoms with van der Waals surface area (Å²) >= 11 is 0. The lowest BCUT2D eigenvalue weighted by molar-refractivity contribution is -0.131. The van der Waals surface area contributed by atoms with Crippen LogP contribution in [-0.4, -0.2) is 31.3 Å². The fraction of sp³-hybridized carbons (Fsp3) is 0.219. The van der Waals surface area contributed by atoms with E-state index in [-0.39, 0.29) is 34.5 Å². The van der Waals surface area contributed by atoms with Crippen molar-refractivity contribution in [1.82, 2.24) is 19.5 Å². The Morgan fingerprint density at radius 3 is 2.20 bits per heavy atom. The van der Waals surface area contributed by atoms with Crippen molar-refractivity contribution >= 4 is 45.9 Å². The van der Waals surface area contributed by atoms with Crippen LogP contribution in [0.5, 0.6) is 0 Å². The van der Waals surface area contributed by atoms with E-state index in [0.29, 0.717) is 35.6 Å². The Morgan fingerprint density at radius 1 is 0.864 bits per heavy atom. The van der Waals surface area contributed by atoms with Crippen LogP contribution in [0.3, 0.4) is 0 Å². The summed E-state index contributed by atoms with van der Waals surface area (Å²) in [5, 5.41) is 8.37. The Morgan fingerprint density at radius 2 is 1.55 bits per heavy atom. The predicted octanol–water partition coefficient (Wildman–Crippen LogP) is 6.90. The molecule has 1 fully saturated rings. The van der Waals surface area contributed by atoms with Gasteiger partial charge in [-0.2, -0.15) is 0 Å². The highest BCUT2D eigenvalue weighted by Gasteiger charge is 2.56. The van der Waals surface area contributed by atoms with E-state index in [9.17, 15) is 18.4 Å². The average molecular weight is 600 g/mol. The molecule has 224 valence electrons. The zero-order valence-corrected chi connectivity index (χ0v) is 24.1. The first-order valence-electron chi connectivity index (χ1n) is 14.0. The molecule has 0 atom stereocenters. The SMILES string of the molecule is Cc1nc2c(F)cc(-c3nc(Nc4ccc(NC(=O)C5(C(=O)Nc6cccc(F)c6)CC5)cc4)ncc3F)cc2n1C(C)C. The number of aromatic nitrogens is 4. The van der Waals surface area contributed by atoms with Gasteiger partial charge < -0.3 is 20.5 Å². The number of benzene rings is 3. The summed E-state index contributed by atoms with van der Waals surface area (Å²) < 4.78 is 45.3. The minimum Gasteiger partial charge on any atom is -0.326 e. The summed E-state index contributed by atoms with van der Waals surface area (Å²) in [6.07, 6.45) is 1.76. The number of amides is 2. The van der Waals surface area contributed by atoms with E-state index in [0.717, 1.165) is 6.20 Å². The molecular weight excluding hydrogens is 571 g/mol. The van der Waals surface area contributed by atoms with Gasteiger partial charge in [0.05, 0.1) is 11.7 Å². The van der Waals surface area contributed by atoms with E-state index in [1.54, 1.807) is 43.3 Å². The molecule has 1 saturated carbocycles.